The van der Waals surface area contributed by atoms with Gasteiger partial charge in [-0.2, -0.15) is 0 Å². The van der Waals surface area contributed by atoms with E-state index >= 15 is 0 Å². The minimum absolute atomic E-state index is 0.310. The van der Waals surface area contributed by atoms with Gasteiger partial charge in [-0.3, -0.25) is 0 Å². The zero-order valence-electron chi connectivity index (χ0n) is 9.21. The second kappa shape index (κ2) is 5.01. The van der Waals surface area contributed by atoms with Crippen LogP contribution in [0.15, 0.2) is 18.2 Å². The molecule has 2 heteroatoms. The van der Waals surface area contributed by atoms with Crippen molar-refractivity contribution in [3.05, 3.63) is 29.3 Å². The van der Waals surface area contributed by atoms with Crippen LogP contribution >= 0.6 is 0 Å². The Kier molecular flexibility index (Phi) is 3.96. The second-order valence-corrected chi connectivity index (χ2v) is 3.86. The van der Waals surface area contributed by atoms with Gasteiger partial charge in [-0.1, -0.05) is 12.1 Å². The van der Waals surface area contributed by atoms with Crippen molar-refractivity contribution in [1.29, 1.82) is 0 Å². The third-order valence-corrected chi connectivity index (χ3v) is 2.18. The Balaban J connectivity index is 2.47. The Morgan fingerprint density at radius 1 is 1.36 bits per heavy atom. The van der Waals surface area contributed by atoms with Crippen LogP contribution in [0.5, 0.6) is 0 Å². The fourth-order valence-electron chi connectivity index (χ4n) is 1.31. The topological polar surface area (TPSA) is 35.2 Å². The van der Waals surface area contributed by atoms with Gasteiger partial charge in [0.25, 0.3) is 0 Å². The van der Waals surface area contributed by atoms with Crippen LogP contribution in [0.2, 0.25) is 0 Å². The molecule has 0 aliphatic carbocycles. The van der Waals surface area contributed by atoms with E-state index in [0.29, 0.717) is 6.10 Å². The van der Waals surface area contributed by atoms with E-state index in [1.54, 1.807) is 0 Å². The summed E-state index contributed by atoms with van der Waals surface area (Å²) in [6, 6.07) is 6.14. The monoisotopic (exact) mass is 193 g/mol. The molecule has 0 aromatic heterocycles. The molecule has 0 spiro atoms. The third kappa shape index (κ3) is 3.38. The molecule has 1 aromatic carbocycles. The van der Waals surface area contributed by atoms with Crippen molar-refractivity contribution < 1.29 is 4.74 Å². The van der Waals surface area contributed by atoms with Crippen molar-refractivity contribution in [3.63, 3.8) is 0 Å². The highest BCUT2D eigenvalue weighted by Gasteiger charge is 1.98. The Bertz CT molecular complexity index is 294. The van der Waals surface area contributed by atoms with Gasteiger partial charge in [0.05, 0.1) is 12.7 Å². The first-order chi connectivity index (χ1) is 6.59. The van der Waals surface area contributed by atoms with Gasteiger partial charge in [0, 0.05) is 5.69 Å². The van der Waals surface area contributed by atoms with Crippen molar-refractivity contribution in [2.75, 3.05) is 12.3 Å². The number of hydrogen-bond donors (Lipinski definition) is 1. The predicted molar refractivity (Wildman–Crippen MR) is 60.4 cm³/mol. The van der Waals surface area contributed by atoms with Crippen molar-refractivity contribution in [2.45, 2.75) is 33.3 Å². The molecule has 0 aliphatic rings. The molecule has 0 fully saturated rings. The molecule has 0 amide bonds. The van der Waals surface area contributed by atoms with Crippen LogP contribution in [0.4, 0.5) is 5.69 Å². The number of benzene rings is 1. The van der Waals surface area contributed by atoms with E-state index in [1.165, 1.54) is 5.56 Å². The van der Waals surface area contributed by atoms with E-state index in [4.69, 9.17) is 10.5 Å². The number of hydrogen-bond acceptors (Lipinski definition) is 2. The van der Waals surface area contributed by atoms with E-state index in [2.05, 4.69) is 12.1 Å². The number of rotatable bonds is 4. The lowest BCUT2D eigenvalue weighted by atomic mass is 10.1. The lowest BCUT2D eigenvalue weighted by Gasteiger charge is -2.08. The first-order valence-electron chi connectivity index (χ1n) is 5.06. The van der Waals surface area contributed by atoms with Gasteiger partial charge < -0.3 is 10.5 Å². The predicted octanol–water partition coefficient (Wildman–Crippen LogP) is 2.54. The molecule has 2 N–H and O–H groups in total. The average molecular weight is 193 g/mol. The zero-order valence-corrected chi connectivity index (χ0v) is 9.21. The molecule has 1 rings (SSSR count). The fourth-order valence-corrected chi connectivity index (χ4v) is 1.31. The summed E-state index contributed by atoms with van der Waals surface area (Å²) >= 11 is 0. The van der Waals surface area contributed by atoms with Gasteiger partial charge in [0.1, 0.15) is 0 Å². The maximum absolute atomic E-state index is 5.73. The molecule has 78 valence electrons. The summed E-state index contributed by atoms with van der Waals surface area (Å²) in [6.45, 7) is 6.91. The average Bonchev–Trinajstić information content (AvgIpc) is 2.10. The van der Waals surface area contributed by atoms with Crippen LogP contribution in [0.25, 0.3) is 0 Å². The first-order valence-corrected chi connectivity index (χ1v) is 5.06. The SMILES string of the molecule is Cc1cc(CCOC(C)C)ccc1N. The Hall–Kier alpha value is -1.02. The number of ether oxygens (including phenoxy) is 1. The summed E-state index contributed by atoms with van der Waals surface area (Å²) in [5.74, 6) is 0. The van der Waals surface area contributed by atoms with Crippen molar-refractivity contribution in [2.24, 2.45) is 0 Å². The summed E-state index contributed by atoms with van der Waals surface area (Å²) in [5.41, 5.74) is 9.03. The van der Waals surface area contributed by atoms with Crippen LogP contribution in [0, 0.1) is 6.92 Å². The van der Waals surface area contributed by atoms with E-state index < -0.39 is 0 Å². The number of anilines is 1. The molecule has 1 aromatic rings. The van der Waals surface area contributed by atoms with Gasteiger partial charge in [-0.15, -0.1) is 0 Å². The molecule has 0 atom stereocenters. The minimum atomic E-state index is 0.310. The van der Waals surface area contributed by atoms with E-state index in [9.17, 15) is 0 Å². The maximum Gasteiger partial charge on any atom is 0.0519 e. The van der Waals surface area contributed by atoms with Gasteiger partial charge in [0.2, 0.25) is 0 Å². The molecular formula is C12H19NO. The molecule has 0 heterocycles. The fraction of sp³-hybridized carbons (Fsp3) is 0.500. The highest BCUT2D eigenvalue weighted by Crippen LogP contribution is 2.13. The van der Waals surface area contributed by atoms with Crippen LogP contribution in [0.3, 0.4) is 0 Å². The van der Waals surface area contributed by atoms with Crippen LogP contribution < -0.4 is 5.73 Å². The highest BCUT2D eigenvalue weighted by molar-refractivity contribution is 5.47. The zero-order chi connectivity index (χ0) is 10.6. The first kappa shape index (κ1) is 11.1. The molecular weight excluding hydrogens is 174 g/mol. The lowest BCUT2D eigenvalue weighted by molar-refractivity contribution is 0.0813. The lowest BCUT2D eigenvalue weighted by Crippen LogP contribution is -2.06. The van der Waals surface area contributed by atoms with E-state index in [1.807, 2.05) is 26.8 Å². The summed E-state index contributed by atoms with van der Waals surface area (Å²) < 4.78 is 5.48. The smallest absolute Gasteiger partial charge is 0.0519 e. The standard InChI is InChI=1S/C12H19NO/c1-9(2)14-7-6-11-4-5-12(13)10(3)8-11/h4-5,8-9H,6-7,13H2,1-3H3. The molecule has 2 nitrogen and oxygen atoms in total. The minimum Gasteiger partial charge on any atom is -0.399 e. The summed E-state index contributed by atoms with van der Waals surface area (Å²) in [4.78, 5) is 0. The maximum atomic E-state index is 5.73. The molecule has 0 radical (unpaired) electrons. The number of aryl methyl sites for hydroxylation is 1. The van der Waals surface area contributed by atoms with Gasteiger partial charge in [0.15, 0.2) is 0 Å². The van der Waals surface area contributed by atoms with Gasteiger partial charge >= 0.3 is 0 Å². The number of nitrogen functional groups attached to an aromatic ring is 1. The van der Waals surface area contributed by atoms with Crippen LogP contribution in [-0.2, 0) is 11.2 Å². The molecule has 0 aliphatic heterocycles. The Morgan fingerprint density at radius 2 is 2.07 bits per heavy atom. The van der Waals surface area contributed by atoms with Crippen molar-refractivity contribution in [3.8, 4) is 0 Å². The summed E-state index contributed by atoms with van der Waals surface area (Å²) in [5, 5.41) is 0. The summed E-state index contributed by atoms with van der Waals surface area (Å²) in [7, 11) is 0. The Morgan fingerprint density at radius 3 is 2.64 bits per heavy atom. The molecule has 0 saturated carbocycles. The third-order valence-electron chi connectivity index (χ3n) is 2.18. The molecule has 0 bridgehead atoms. The molecule has 0 saturated heterocycles. The van der Waals surface area contributed by atoms with E-state index in [0.717, 1.165) is 24.3 Å². The second-order valence-electron chi connectivity index (χ2n) is 3.86. The normalized spacial score (nSPS) is 10.9. The molecule has 14 heavy (non-hydrogen) atoms. The Labute approximate surface area is 86.1 Å². The van der Waals surface area contributed by atoms with Gasteiger partial charge in [-0.25, -0.2) is 0 Å². The highest BCUT2D eigenvalue weighted by atomic mass is 16.5. The summed E-state index contributed by atoms with van der Waals surface area (Å²) in [6.07, 6.45) is 1.27. The van der Waals surface area contributed by atoms with Crippen LogP contribution in [-0.4, -0.2) is 12.7 Å². The quantitative estimate of drug-likeness (QED) is 0.746. The largest absolute Gasteiger partial charge is 0.399 e. The number of nitrogens with two attached hydrogens (primary N) is 1. The van der Waals surface area contributed by atoms with Crippen LogP contribution in [0.1, 0.15) is 25.0 Å². The van der Waals surface area contributed by atoms with E-state index in [-0.39, 0.29) is 0 Å². The molecule has 0 unspecified atom stereocenters. The van der Waals surface area contributed by atoms with Gasteiger partial charge in [-0.05, 0) is 44.4 Å². The van der Waals surface area contributed by atoms with Crippen molar-refractivity contribution >= 4 is 5.69 Å². The van der Waals surface area contributed by atoms with Crippen molar-refractivity contribution in [1.82, 2.24) is 0 Å².